The second-order valence-corrected chi connectivity index (χ2v) is 4.75. The minimum absolute atomic E-state index is 0.140. The van der Waals surface area contributed by atoms with Crippen molar-refractivity contribution in [2.75, 3.05) is 25.1 Å². The van der Waals surface area contributed by atoms with Crippen molar-refractivity contribution in [3.63, 3.8) is 0 Å². The predicted molar refractivity (Wildman–Crippen MR) is 72.7 cm³/mol. The molecule has 0 spiro atoms. The Balaban J connectivity index is 1.82. The monoisotopic (exact) mass is 286 g/mol. The maximum Gasteiger partial charge on any atom is 0.322 e. The molecule has 1 fully saturated rings. The van der Waals surface area contributed by atoms with Crippen molar-refractivity contribution in [2.24, 2.45) is 0 Å². The van der Waals surface area contributed by atoms with E-state index < -0.39 is 0 Å². The molecule has 6 nitrogen and oxygen atoms in total. The van der Waals surface area contributed by atoms with Gasteiger partial charge in [-0.1, -0.05) is 6.92 Å². The van der Waals surface area contributed by atoms with Gasteiger partial charge in [0.05, 0.1) is 12.7 Å². The van der Waals surface area contributed by atoms with Gasteiger partial charge in [-0.2, -0.15) is 15.0 Å². The predicted octanol–water partition coefficient (Wildman–Crippen LogP) is 2.29. The summed E-state index contributed by atoms with van der Waals surface area (Å²) in [5.41, 5.74) is 0. The van der Waals surface area contributed by atoms with Crippen LogP contribution in [0.15, 0.2) is 0 Å². The molecule has 0 bridgehead atoms. The Labute approximate surface area is 117 Å². The minimum Gasteiger partial charge on any atom is -0.463 e. The van der Waals surface area contributed by atoms with Crippen molar-refractivity contribution >= 4 is 17.5 Å². The second kappa shape index (κ2) is 7.45. The minimum atomic E-state index is 0.140. The van der Waals surface area contributed by atoms with E-state index in [1.54, 1.807) is 0 Å². The molecule has 7 heteroatoms. The molecule has 1 aromatic rings. The summed E-state index contributed by atoms with van der Waals surface area (Å²) in [5.74, 6) is 0.448. The summed E-state index contributed by atoms with van der Waals surface area (Å²) in [6.07, 6.45) is 4.46. The highest BCUT2D eigenvalue weighted by molar-refractivity contribution is 6.28. The van der Waals surface area contributed by atoms with Gasteiger partial charge in [0.1, 0.15) is 0 Å². The van der Waals surface area contributed by atoms with Crippen LogP contribution < -0.4 is 10.1 Å². The summed E-state index contributed by atoms with van der Waals surface area (Å²) in [6, 6.07) is 0.265. The van der Waals surface area contributed by atoms with Crippen molar-refractivity contribution in [3.05, 3.63) is 5.28 Å². The Bertz CT molecular complexity index is 399. The van der Waals surface area contributed by atoms with Crippen LogP contribution in [0.25, 0.3) is 0 Å². The molecule has 0 aromatic carbocycles. The summed E-state index contributed by atoms with van der Waals surface area (Å²) in [4.78, 5) is 12.1. The number of hydrogen-bond acceptors (Lipinski definition) is 6. The van der Waals surface area contributed by atoms with E-state index in [9.17, 15) is 0 Å². The first-order valence-corrected chi connectivity index (χ1v) is 7.05. The van der Waals surface area contributed by atoms with Crippen molar-refractivity contribution in [1.82, 2.24) is 15.0 Å². The van der Waals surface area contributed by atoms with E-state index >= 15 is 0 Å². The molecule has 0 aliphatic carbocycles. The average molecular weight is 287 g/mol. The highest BCUT2D eigenvalue weighted by Crippen LogP contribution is 2.16. The Morgan fingerprint density at radius 1 is 1.42 bits per heavy atom. The van der Waals surface area contributed by atoms with Crippen LogP contribution in [0.3, 0.4) is 0 Å². The highest BCUT2D eigenvalue weighted by Gasteiger charge is 2.15. The quantitative estimate of drug-likeness (QED) is 0.829. The normalized spacial score (nSPS) is 18.5. The highest BCUT2D eigenvalue weighted by atomic mass is 35.5. The van der Waals surface area contributed by atoms with E-state index in [0.717, 1.165) is 38.8 Å². The van der Waals surface area contributed by atoms with E-state index in [-0.39, 0.29) is 11.3 Å². The Morgan fingerprint density at radius 2 is 2.32 bits per heavy atom. The van der Waals surface area contributed by atoms with Crippen LogP contribution in [-0.2, 0) is 4.74 Å². The lowest BCUT2D eigenvalue weighted by molar-refractivity contribution is 0.107. The number of nitrogens with one attached hydrogen (secondary N) is 1. The Morgan fingerprint density at radius 3 is 3.05 bits per heavy atom. The van der Waals surface area contributed by atoms with E-state index in [0.29, 0.717) is 18.7 Å². The fraction of sp³-hybridized carbons (Fsp3) is 0.750. The SMILES string of the molecule is CCCOc1nc(Cl)nc(NCCC2CCCO2)n1. The molecule has 1 aromatic heterocycles. The van der Waals surface area contributed by atoms with Gasteiger partial charge in [0, 0.05) is 13.2 Å². The van der Waals surface area contributed by atoms with Crippen LogP contribution in [0.4, 0.5) is 5.95 Å². The first-order chi connectivity index (χ1) is 9.28. The van der Waals surface area contributed by atoms with E-state index in [2.05, 4.69) is 20.3 Å². The number of aromatic nitrogens is 3. The number of rotatable bonds is 7. The number of anilines is 1. The van der Waals surface area contributed by atoms with Crippen LogP contribution in [0, 0.1) is 0 Å². The van der Waals surface area contributed by atoms with Crippen LogP contribution in [0.1, 0.15) is 32.6 Å². The lowest BCUT2D eigenvalue weighted by atomic mass is 10.2. The molecule has 1 saturated heterocycles. The molecule has 1 unspecified atom stereocenters. The smallest absolute Gasteiger partial charge is 0.322 e. The van der Waals surface area contributed by atoms with Crippen molar-refractivity contribution < 1.29 is 9.47 Å². The first kappa shape index (κ1) is 14.3. The van der Waals surface area contributed by atoms with Gasteiger partial charge < -0.3 is 14.8 Å². The lowest BCUT2D eigenvalue weighted by Crippen LogP contribution is -2.14. The molecule has 0 amide bonds. The van der Waals surface area contributed by atoms with Gasteiger partial charge in [-0.05, 0) is 37.3 Å². The third-order valence-corrected chi connectivity index (χ3v) is 2.97. The van der Waals surface area contributed by atoms with Crippen molar-refractivity contribution in [1.29, 1.82) is 0 Å². The summed E-state index contributed by atoms with van der Waals surface area (Å²) in [7, 11) is 0. The first-order valence-electron chi connectivity index (χ1n) is 6.67. The standard InChI is InChI=1S/C12H19ClN4O2/c1-2-7-19-12-16-10(13)15-11(17-12)14-6-5-9-4-3-8-18-9/h9H,2-8H2,1H3,(H,14,15,16,17). The van der Waals surface area contributed by atoms with Gasteiger partial charge in [-0.15, -0.1) is 0 Å². The largest absolute Gasteiger partial charge is 0.463 e. The van der Waals surface area contributed by atoms with E-state index in [4.69, 9.17) is 21.1 Å². The Kier molecular flexibility index (Phi) is 5.60. The van der Waals surface area contributed by atoms with Crippen molar-refractivity contribution in [3.8, 4) is 6.01 Å². The molecule has 2 rings (SSSR count). The number of halogens is 1. The molecule has 1 aliphatic rings. The zero-order valence-corrected chi connectivity index (χ0v) is 11.8. The third-order valence-electron chi connectivity index (χ3n) is 2.80. The fourth-order valence-electron chi connectivity index (χ4n) is 1.89. The molecular formula is C12H19ClN4O2. The van der Waals surface area contributed by atoms with Gasteiger partial charge in [-0.25, -0.2) is 0 Å². The third kappa shape index (κ3) is 4.80. The summed E-state index contributed by atoms with van der Waals surface area (Å²) in [6.45, 7) is 4.20. The molecule has 0 radical (unpaired) electrons. The lowest BCUT2D eigenvalue weighted by Gasteiger charge is -2.10. The zero-order valence-electron chi connectivity index (χ0n) is 11.1. The second-order valence-electron chi connectivity index (χ2n) is 4.41. The number of nitrogens with zero attached hydrogens (tertiary/aromatic N) is 3. The molecule has 2 heterocycles. The molecule has 1 N–H and O–H groups in total. The van der Waals surface area contributed by atoms with Gasteiger partial charge in [0.2, 0.25) is 11.2 Å². The maximum absolute atomic E-state index is 5.83. The molecule has 1 atom stereocenters. The van der Waals surface area contributed by atoms with Gasteiger partial charge in [-0.3, -0.25) is 0 Å². The number of ether oxygens (including phenoxy) is 2. The maximum atomic E-state index is 5.83. The summed E-state index contributed by atoms with van der Waals surface area (Å²) < 4.78 is 10.9. The number of hydrogen-bond donors (Lipinski definition) is 1. The summed E-state index contributed by atoms with van der Waals surface area (Å²) >= 11 is 5.83. The van der Waals surface area contributed by atoms with Crippen molar-refractivity contribution in [2.45, 2.75) is 38.7 Å². The topological polar surface area (TPSA) is 69.2 Å². The molecular weight excluding hydrogens is 268 g/mol. The van der Waals surface area contributed by atoms with Gasteiger partial charge in [0.15, 0.2) is 0 Å². The molecule has 0 saturated carbocycles. The Hall–Kier alpha value is -1.14. The molecule has 1 aliphatic heterocycles. The van der Waals surface area contributed by atoms with Gasteiger partial charge in [0.25, 0.3) is 0 Å². The van der Waals surface area contributed by atoms with Crippen LogP contribution in [-0.4, -0.2) is 40.8 Å². The van der Waals surface area contributed by atoms with Crippen LogP contribution >= 0.6 is 11.6 Å². The zero-order chi connectivity index (χ0) is 13.5. The van der Waals surface area contributed by atoms with Gasteiger partial charge >= 0.3 is 6.01 Å². The van der Waals surface area contributed by atoms with Crippen LogP contribution in [0.5, 0.6) is 6.01 Å². The molecule has 19 heavy (non-hydrogen) atoms. The average Bonchev–Trinajstić information content (AvgIpc) is 2.89. The summed E-state index contributed by atoms with van der Waals surface area (Å²) in [5, 5.41) is 3.26. The molecule has 106 valence electrons. The van der Waals surface area contributed by atoms with E-state index in [1.165, 1.54) is 0 Å². The fourth-order valence-corrected chi connectivity index (χ4v) is 2.04. The van der Waals surface area contributed by atoms with E-state index in [1.807, 2.05) is 6.92 Å². The van der Waals surface area contributed by atoms with Crippen LogP contribution in [0.2, 0.25) is 5.28 Å².